The monoisotopic (exact) mass is 277 g/mol. The van der Waals surface area contributed by atoms with Gasteiger partial charge in [0.15, 0.2) is 0 Å². The van der Waals surface area contributed by atoms with Crippen LogP contribution in [0.15, 0.2) is 35.2 Å². The molecule has 100 valence electrons. The van der Waals surface area contributed by atoms with Gasteiger partial charge >= 0.3 is 0 Å². The van der Waals surface area contributed by atoms with E-state index in [4.69, 9.17) is 5.73 Å². The largest absolute Gasteiger partial charge is 0.384 e. The zero-order valence-electron chi connectivity index (χ0n) is 10.8. The summed E-state index contributed by atoms with van der Waals surface area (Å²) in [6.07, 6.45) is 1.93. The molecule has 2 aromatic rings. The first-order valence-electron chi connectivity index (χ1n) is 6.18. The van der Waals surface area contributed by atoms with Crippen molar-refractivity contribution in [1.82, 2.24) is 9.97 Å². The Morgan fingerprint density at radius 1 is 1.21 bits per heavy atom. The number of thioether (sulfide) groups is 1. The number of nitrogens with two attached hydrogens (primary N) is 1. The fraction of sp³-hybridized carbons (Fsp3) is 0.286. The number of aromatic nitrogens is 2. The van der Waals surface area contributed by atoms with E-state index in [0.717, 1.165) is 29.3 Å². The quantitative estimate of drug-likeness (QED) is 0.851. The molecule has 1 heterocycles. The van der Waals surface area contributed by atoms with Crippen molar-refractivity contribution in [2.75, 3.05) is 5.73 Å². The van der Waals surface area contributed by atoms with Gasteiger partial charge < -0.3 is 5.73 Å². The topological polar surface area (TPSA) is 51.8 Å². The van der Waals surface area contributed by atoms with Crippen molar-refractivity contribution < 1.29 is 4.39 Å². The zero-order chi connectivity index (χ0) is 13.7. The number of nitrogens with zero attached hydrogens (tertiary/aromatic N) is 2. The molecule has 0 fully saturated rings. The number of hydrogen-bond acceptors (Lipinski definition) is 4. The van der Waals surface area contributed by atoms with Gasteiger partial charge in [-0.1, -0.05) is 13.3 Å². The molecule has 0 atom stereocenters. The van der Waals surface area contributed by atoms with Crippen LogP contribution < -0.4 is 5.73 Å². The molecule has 2 rings (SSSR count). The van der Waals surface area contributed by atoms with E-state index in [0.29, 0.717) is 11.6 Å². The highest BCUT2D eigenvalue weighted by Gasteiger charge is 2.04. The third-order valence-corrected chi connectivity index (χ3v) is 3.54. The molecule has 0 saturated carbocycles. The number of hydrogen-bond donors (Lipinski definition) is 1. The summed E-state index contributed by atoms with van der Waals surface area (Å²) in [5.74, 6) is 1.63. The molecule has 0 saturated heterocycles. The second-order valence-corrected chi connectivity index (χ2v) is 5.24. The number of aryl methyl sites for hydroxylation is 1. The van der Waals surface area contributed by atoms with Crippen LogP contribution in [0.5, 0.6) is 0 Å². The maximum absolute atomic E-state index is 12.8. The third kappa shape index (κ3) is 4.21. The predicted molar refractivity (Wildman–Crippen MR) is 76.4 cm³/mol. The lowest BCUT2D eigenvalue weighted by molar-refractivity contribution is 0.626. The summed E-state index contributed by atoms with van der Waals surface area (Å²) in [6, 6.07) is 8.21. The molecule has 0 amide bonds. The minimum atomic E-state index is -0.227. The van der Waals surface area contributed by atoms with Gasteiger partial charge in [0.05, 0.1) is 5.75 Å². The second kappa shape index (κ2) is 6.52. The van der Waals surface area contributed by atoms with Crippen LogP contribution in [0.2, 0.25) is 0 Å². The van der Waals surface area contributed by atoms with Gasteiger partial charge in [-0.15, -0.1) is 11.8 Å². The van der Waals surface area contributed by atoms with Crippen LogP contribution in [-0.2, 0) is 12.2 Å². The Morgan fingerprint density at radius 3 is 2.63 bits per heavy atom. The molecule has 5 heteroatoms. The van der Waals surface area contributed by atoms with Gasteiger partial charge in [-0.25, -0.2) is 14.4 Å². The van der Waals surface area contributed by atoms with Crippen molar-refractivity contribution in [3.63, 3.8) is 0 Å². The molecular formula is C14H16FN3S. The van der Waals surface area contributed by atoms with E-state index < -0.39 is 0 Å². The summed E-state index contributed by atoms with van der Waals surface area (Å²) in [7, 11) is 0. The molecule has 0 bridgehead atoms. The molecule has 19 heavy (non-hydrogen) atoms. The van der Waals surface area contributed by atoms with Crippen LogP contribution in [-0.4, -0.2) is 9.97 Å². The zero-order valence-corrected chi connectivity index (χ0v) is 11.6. The first kappa shape index (κ1) is 13.8. The van der Waals surface area contributed by atoms with Crippen LogP contribution in [0, 0.1) is 5.82 Å². The van der Waals surface area contributed by atoms with Gasteiger partial charge in [-0.3, -0.25) is 0 Å². The lowest BCUT2D eigenvalue weighted by atomic mass is 10.2. The van der Waals surface area contributed by atoms with Gasteiger partial charge in [0.1, 0.15) is 17.5 Å². The highest BCUT2D eigenvalue weighted by atomic mass is 32.2. The summed E-state index contributed by atoms with van der Waals surface area (Å²) in [6.45, 7) is 2.10. The Morgan fingerprint density at radius 2 is 1.95 bits per heavy atom. The second-order valence-electron chi connectivity index (χ2n) is 4.19. The lowest BCUT2D eigenvalue weighted by Crippen LogP contribution is -2.02. The van der Waals surface area contributed by atoms with Gasteiger partial charge in [-0.05, 0) is 30.7 Å². The summed E-state index contributed by atoms with van der Waals surface area (Å²) in [4.78, 5) is 9.68. The van der Waals surface area contributed by atoms with E-state index in [1.807, 2.05) is 6.07 Å². The number of benzene rings is 1. The van der Waals surface area contributed by atoms with Crippen molar-refractivity contribution in [2.24, 2.45) is 0 Å². The first-order valence-corrected chi connectivity index (χ1v) is 7.16. The molecule has 0 unspecified atom stereocenters. The number of anilines is 1. The smallest absolute Gasteiger partial charge is 0.141 e. The molecule has 0 radical (unpaired) electrons. The van der Waals surface area contributed by atoms with Crippen LogP contribution in [0.4, 0.5) is 10.2 Å². The summed E-state index contributed by atoms with van der Waals surface area (Å²) >= 11 is 1.57. The Balaban J connectivity index is 2.04. The van der Waals surface area contributed by atoms with Gasteiger partial charge in [0.25, 0.3) is 0 Å². The lowest BCUT2D eigenvalue weighted by Gasteiger charge is -2.05. The molecule has 0 aliphatic carbocycles. The number of halogens is 1. The Hall–Kier alpha value is -1.62. The summed E-state index contributed by atoms with van der Waals surface area (Å²) in [5.41, 5.74) is 6.75. The van der Waals surface area contributed by atoms with Crippen LogP contribution in [0.25, 0.3) is 0 Å². The number of rotatable bonds is 5. The van der Waals surface area contributed by atoms with E-state index in [9.17, 15) is 4.39 Å². The average Bonchev–Trinajstić information content (AvgIpc) is 2.38. The van der Waals surface area contributed by atoms with E-state index in [1.165, 1.54) is 12.1 Å². The van der Waals surface area contributed by atoms with Crippen molar-refractivity contribution in [1.29, 1.82) is 0 Å². The van der Waals surface area contributed by atoms with Crippen molar-refractivity contribution in [2.45, 2.75) is 30.4 Å². The van der Waals surface area contributed by atoms with E-state index in [-0.39, 0.29) is 5.82 Å². The van der Waals surface area contributed by atoms with Crippen LogP contribution in [0.1, 0.15) is 24.9 Å². The standard InChI is InChI=1S/C14H16FN3S/c1-2-3-11-8-13(16)18-14(17-11)9-19-12-6-4-10(15)5-7-12/h4-8H,2-3,9H2,1H3,(H2,16,17,18). The van der Waals surface area contributed by atoms with Gasteiger partial charge in [0, 0.05) is 16.7 Å². The normalized spacial score (nSPS) is 10.6. The first-order chi connectivity index (χ1) is 9.17. The Labute approximate surface area is 116 Å². The van der Waals surface area contributed by atoms with Crippen molar-refractivity contribution in [3.05, 3.63) is 47.7 Å². The molecular weight excluding hydrogens is 261 g/mol. The minimum Gasteiger partial charge on any atom is -0.384 e. The SMILES string of the molecule is CCCc1cc(N)nc(CSc2ccc(F)cc2)n1. The van der Waals surface area contributed by atoms with Gasteiger partial charge in [0.2, 0.25) is 0 Å². The molecule has 3 nitrogen and oxygen atoms in total. The Kier molecular flexibility index (Phi) is 4.74. The minimum absolute atomic E-state index is 0.227. The maximum Gasteiger partial charge on any atom is 0.141 e. The average molecular weight is 277 g/mol. The van der Waals surface area contributed by atoms with E-state index in [1.54, 1.807) is 23.9 Å². The molecule has 0 spiro atoms. The van der Waals surface area contributed by atoms with Crippen molar-refractivity contribution in [3.8, 4) is 0 Å². The predicted octanol–water partition coefficient (Wildman–Crippen LogP) is 3.44. The highest BCUT2D eigenvalue weighted by Crippen LogP contribution is 2.22. The maximum atomic E-state index is 12.8. The third-order valence-electron chi connectivity index (χ3n) is 2.53. The van der Waals surface area contributed by atoms with E-state index in [2.05, 4.69) is 16.9 Å². The summed E-state index contributed by atoms with van der Waals surface area (Å²) in [5, 5.41) is 0. The van der Waals surface area contributed by atoms with Gasteiger partial charge in [-0.2, -0.15) is 0 Å². The molecule has 1 aromatic carbocycles. The van der Waals surface area contributed by atoms with Crippen LogP contribution >= 0.6 is 11.8 Å². The highest BCUT2D eigenvalue weighted by molar-refractivity contribution is 7.98. The number of nitrogen functional groups attached to an aromatic ring is 1. The van der Waals surface area contributed by atoms with Crippen molar-refractivity contribution >= 4 is 17.6 Å². The molecule has 1 aromatic heterocycles. The fourth-order valence-electron chi connectivity index (χ4n) is 1.70. The van der Waals surface area contributed by atoms with Crippen LogP contribution in [0.3, 0.4) is 0 Å². The van der Waals surface area contributed by atoms with E-state index >= 15 is 0 Å². The molecule has 0 aliphatic heterocycles. The molecule has 0 aliphatic rings. The fourth-order valence-corrected chi connectivity index (χ4v) is 2.46. The Bertz CT molecular complexity index is 543. The summed E-state index contributed by atoms with van der Waals surface area (Å²) < 4.78 is 12.8. The molecule has 2 N–H and O–H groups in total.